The third-order valence-corrected chi connectivity index (χ3v) is 2.82. The number of alkyl halides is 3. The van der Waals surface area contributed by atoms with Crippen molar-refractivity contribution in [2.75, 3.05) is 0 Å². The van der Waals surface area contributed by atoms with Crippen molar-refractivity contribution < 1.29 is 17.6 Å². The molecule has 0 bridgehead atoms. The van der Waals surface area contributed by atoms with E-state index < -0.39 is 17.6 Å². The summed E-state index contributed by atoms with van der Waals surface area (Å²) in [6.07, 6.45) is -1.98. The Bertz CT molecular complexity index is 762. The van der Waals surface area contributed by atoms with Crippen LogP contribution in [0.3, 0.4) is 0 Å². The number of fused-ring (bicyclic) bond motifs is 1. The molecule has 0 aliphatic rings. The summed E-state index contributed by atoms with van der Waals surface area (Å²) in [6, 6.07) is 6.39. The molecule has 7 heteroatoms. The zero-order valence-electron chi connectivity index (χ0n) is 9.89. The lowest BCUT2D eigenvalue weighted by molar-refractivity contribution is -0.136. The molecule has 0 atom stereocenters. The first-order chi connectivity index (χ1) is 9.47. The van der Waals surface area contributed by atoms with Crippen LogP contribution in [0.1, 0.15) is 5.56 Å². The molecule has 0 saturated heterocycles. The van der Waals surface area contributed by atoms with Crippen molar-refractivity contribution in [3.8, 4) is 5.82 Å². The van der Waals surface area contributed by atoms with Gasteiger partial charge in [-0.2, -0.15) is 13.2 Å². The lowest BCUT2D eigenvalue weighted by Crippen LogP contribution is -2.07. The average Bonchev–Trinajstić information content (AvgIpc) is 2.81. The Balaban J connectivity index is 2.31. The maximum Gasteiger partial charge on any atom is 0.418 e. The third-order valence-electron chi connectivity index (χ3n) is 2.82. The Morgan fingerprint density at radius 3 is 2.50 bits per heavy atom. The number of aromatic nitrogens is 3. The van der Waals surface area contributed by atoms with Crippen LogP contribution < -0.4 is 0 Å². The Labute approximate surface area is 110 Å². The lowest BCUT2D eigenvalue weighted by Gasteiger charge is -2.08. The predicted octanol–water partition coefficient (Wildman–Crippen LogP) is 3.58. The monoisotopic (exact) mass is 281 g/mol. The molecular formula is C13H7F4N3. The molecule has 0 fully saturated rings. The van der Waals surface area contributed by atoms with E-state index in [0.29, 0.717) is 11.9 Å². The van der Waals surface area contributed by atoms with E-state index in [1.165, 1.54) is 17.1 Å². The molecule has 102 valence electrons. The Kier molecular flexibility index (Phi) is 2.70. The topological polar surface area (TPSA) is 30.7 Å². The minimum Gasteiger partial charge on any atom is -0.283 e. The fraction of sp³-hybridized carbons (Fsp3) is 0.0769. The number of halogens is 4. The van der Waals surface area contributed by atoms with E-state index in [1.807, 2.05) is 0 Å². The van der Waals surface area contributed by atoms with E-state index in [-0.39, 0.29) is 11.0 Å². The molecule has 0 saturated carbocycles. The average molecular weight is 281 g/mol. The summed E-state index contributed by atoms with van der Waals surface area (Å²) >= 11 is 0. The number of imidazole rings is 1. The standard InChI is InChI=1S/C13H7F4N3/c14-8-5-9(13(15,16)17)12-10(6-8)20(7-19-12)11-3-1-2-4-18-11/h1-7H. The summed E-state index contributed by atoms with van der Waals surface area (Å²) in [5.74, 6) is -0.601. The highest BCUT2D eigenvalue weighted by molar-refractivity contribution is 5.81. The normalized spacial score (nSPS) is 12.0. The lowest BCUT2D eigenvalue weighted by atomic mass is 10.1. The van der Waals surface area contributed by atoms with Gasteiger partial charge in [-0.1, -0.05) is 6.07 Å². The summed E-state index contributed by atoms with van der Waals surface area (Å²) in [5, 5.41) is 0. The molecule has 0 aliphatic heterocycles. The van der Waals surface area contributed by atoms with Gasteiger partial charge in [-0.25, -0.2) is 14.4 Å². The maximum absolute atomic E-state index is 13.4. The van der Waals surface area contributed by atoms with Crippen molar-refractivity contribution in [1.82, 2.24) is 14.5 Å². The molecule has 3 rings (SSSR count). The van der Waals surface area contributed by atoms with E-state index in [1.54, 1.807) is 18.2 Å². The predicted molar refractivity (Wildman–Crippen MR) is 63.8 cm³/mol. The van der Waals surface area contributed by atoms with Gasteiger partial charge in [0.1, 0.15) is 23.5 Å². The quantitative estimate of drug-likeness (QED) is 0.638. The van der Waals surface area contributed by atoms with Crippen molar-refractivity contribution in [3.05, 3.63) is 54.2 Å². The number of hydrogen-bond acceptors (Lipinski definition) is 2. The van der Waals surface area contributed by atoms with Gasteiger partial charge in [0.2, 0.25) is 0 Å². The molecule has 0 N–H and O–H groups in total. The van der Waals surface area contributed by atoms with Gasteiger partial charge in [0, 0.05) is 12.3 Å². The van der Waals surface area contributed by atoms with Gasteiger partial charge in [0.15, 0.2) is 0 Å². The SMILES string of the molecule is Fc1cc(C(F)(F)F)c2ncn(-c3ccccn3)c2c1. The zero-order chi connectivity index (χ0) is 14.3. The Morgan fingerprint density at radius 1 is 1.05 bits per heavy atom. The van der Waals surface area contributed by atoms with Gasteiger partial charge in [0.05, 0.1) is 11.1 Å². The fourth-order valence-electron chi connectivity index (χ4n) is 1.98. The van der Waals surface area contributed by atoms with Gasteiger partial charge in [-0.05, 0) is 18.2 Å². The molecule has 20 heavy (non-hydrogen) atoms. The van der Waals surface area contributed by atoms with Gasteiger partial charge in [-0.3, -0.25) is 4.57 Å². The van der Waals surface area contributed by atoms with Crippen LogP contribution >= 0.6 is 0 Å². The molecule has 0 aliphatic carbocycles. The van der Waals surface area contributed by atoms with Crippen LogP contribution in [0.15, 0.2) is 42.9 Å². The van der Waals surface area contributed by atoms with E-state index in [0.717, 1.165) is 6.07 Å². The summed E-state index contributed by atoms with van der Waals surface area (Å²) in [7, 11) is 0. The molecule has 2 heterocycles. The molecule has 2 aromatic heterocycles. The Hall–Kier alpha value is -2.44. The van der Waals surface area contributed by atoms with Gasteiger partial charge >= 0.3 is 6.18 Å². The summed E-state index contributed by atoms with van der Waals surface area (Å²) in [6.45, 7) is 0. The smallest absolute Gasteiger partial charge is 0.283 e. The van der Waals surface area contributed by atoms with Crippen molar-refractivity contribution in [2.24, 2.45) is 0 Å². The summed E-state index contributed by atoms with van der Waals surface area (Å²) in [4.78, 5) is 7.75. The number of pyridine rings is 1. The summed E-state index contributed by atoms with van der Waals surface area (Å²) < 4.78 is 53.4. The first kappa shape index (κ1) is 12.6. The number of rotatable bonds is 1. The fourth-order valence-corrected chi connectivity index (χ4v) is 1.98. The first-order valence-corrected chi connectivity index (χ1v) is 5.62. The number of benzene rings is 1. The van der Waals surface area contributed by atoms with E-state index in [4.69, 9.17) is 0 Å². The minimum atomic E-state index is -4.66. The second kappa shape index (κ2) is 4.29. The van der Waals surface area contributed by atoms with Crippen molar-refractivity contribution in [1.29, 1.82) is 0 Å². The molecule has 0 amide bonds. The molecule has 3 aromatic rings. The largest absolute Gasteiger partial charge is 0.418 e. The molecule has 0 spiro atoms. The molecule has 3 nitrogen and oxygen atoms in total. The van der Waals surface area contributed by atoms with Gasteiger partial charge in [-0.15, -0.1) is 0 Å². The molecular weight excluding hydrogens is 274 g/mol. The van der Waals surface area contributed by atoms with E-state index >= 15 is 0 Å². The second-order valence-corrected chi connectivity index (χ2v) is 4.12. The van der Waals surface area contributed by atoms with Crippen LogP contribution in [0.2, 0.25) is 0 Å². The zero-order valence-corrected chi connectivity index (χ0v) is 9.89. The van der Waals surface area contributed by atoms with Crippen molar-refractivity contribution in [2.45, 2.75) is 6.18 Å². The molecule has 0 unspecified atom stereocenters. The summed E-state index contributed by atoms with van der Waals surface area (Å²) in [5.41, 5.74) is -1.37. The number of nitrogens with zero attached hydrogens (tertiary/aromatic N) is 3. The Morgan fingerprint density at radius 2 is 1.85 bits per heavy atom. The van der Waals surface area contributed by atoms with Crippen LogP contribution in [-0.2, 0) is 6.18 Å². The van der Waals surface area contributed by atoms with Crippen molar-refractivity contribution >= 4 is 11.0 Å². The molecule has 0 radical (unpaired) electrons. The van der Waals surface area contributed by atoms with Crippen LogP contribution in [0.5, 0.6) is 0 Å². The minimum absolute atomic E-state index is 0.0241. The van der Waals surface area contributed by atoms with Crippen LogP contribution in [-0.4, -0.2) is 14.5 Å². The van der Waals surface area contributed by atoms with E-state index in [9.17, 15) is 17.6 Å². The highest BCUT2D eigenvalue weighted by atomic mass is 19.4. The van der Waals surface area contributed by atoms with Gasteiger partial charge < -0.3 is 0 Å². The van der Waals surface area contributed by atoms with E-state index in [2.05, 4.69) is 9.97 Å². The van der Waals surface area contributed by atoms with Crippen LogP contribution in [0.25, 0.3) is 16.9 Å². The van der Waals surface area contributed by atoms with Crippen molar-refractivity contribution in [3.63, 3.8) is 0 Å². The van der Waals surface area contributed by atoms with Crippen LogP contribution in [0, 0.1) is 5.82 Å². The first-order valence-electron chi connectivity index (χ1n) is 5.62. The maximum atomic E-state index is 13.4. The van der Waals surface area contributed by atoms with Gasteiger partial charge in [0.25, 0.3) is 0 Å². The third kappa shape index (κ3) is 2.01. The number of hydrogen-bond donors (Lipinski definition) is 0. The van der Waals surface area contributed by atoms with Crippen LogP contribution in [0.4, 0.5) is 17.6 Å². The second-order valence-electron chi connectivity index (χ2n) is 4.12. The highest BCUT2D eigenvalue weighted by Crippen LogP contribution is 2.35. The molecule has 1 aromatic carbocycles. The highest BCUT2D eigenvalue weighted by Gasteiger charge is 2.34.